The van der Waals surface area contributed by atoms with E-state index >= 15 is 0 Å². The van der Waals surface area contributed by atoms with Gasteiger partial charge in [-0.3, -0.25) is 14.9 Å². The minimum absolute atomic E-state index is 0.0171. The Morgan fingerprint density at radius 1 is 1.44 bits per heavy atom. The summed E-state index contributed by atoms with van der Waals surface area (Å²) in [5, 5.41) is 10.6. The first kappa shape index (κ1) is 13.3. The Hall–Kier alpha value is -1.13. The van der Waals surface area contributed by atoms with Crippen LogP contribution in [0.15, 0.2) is 0 Å². The molecule has 1 heterocycles. The number of hydrogen-bond donors (Lipinski definition) is 0. The topological polar surface area (TPSA) is 63.5 Å². The van der Waals surface area contributed by atoms with Crippen LogP contribution in [0.5, 0.6) is 0 Å². The molecule has 0 aromatic rings. The molecule has 2 fully saturated rings. The lowest BCUT2D eigenvalue weighted by molar-refractivity contribution is -0.497. The van der Waals surface area contributed by atoms with Crippen molar-refractivity contribution in [3.63, 3.8) is 0 Å². The highest BCUT2D eigenvalue weighted by atomic mass is 16.6. The number of carbonyl (C=O) groups is 1. The minimum Gasteiger partial charge on any atom is -0.339 e. The first-order valence-electron chi connectivity index (χ1n) is 6.73. The van der Waals surface area contributed by atoms with Crippen molar-refractivity contribution in [3.05, 3.63) is 10.1 Å². The average Bonchev–Trinajstić information content (AvgIpc) is 2.91. The van der Waals surface area contributed by atoms with Crippen molar-refractivity contribution >= 4 is 5.91 Å². The van der Waals surface area contributed by atoms with Crippen molar-refractivity contribution < 1.29 is 9.72 Å². The molecule has 102 valence electrons. The predicted molar refractivity (Wildman–Crippen MR) is 67.7 cm³/mol. The predicted octanol–water partition coefficient (Wildman–Crippen LogP) is 2.08. The van der Waals surface area contributed by atoms with Crippen LogP contribution in [0.2, 0.25) is 0 Å². The fraction of sp³-hybridized carbons (Fsp3) is 0.923. The number of hydrogen-bond acceptors (Lipinski definition) is 3. The third-order valence-corrected chi connectivity index (χ3v) is 3.85. The number of carbonyl (C=O) groups excluding carboxylic acids is 1. The van der Waals surface area contributed by atoms with E-state index in [1.807, 2.05) is 4.90 Å². The van der Waals surface area contributed by atoms with Crippen LogP contribution in [0, 0.1) is 21.4 Å². The molecular weight excluding hydrogens is 232 g/mol. The van der Waals surface area contributed by atoms with Gasteiger partial charge in [0.1, 0.15) is 5.92 Å². The number of nitro groups is 1. The molecule has 5 nitrogen and oxygen atoms in total. The van der Waals surface area contributed by atoms with Crippen LogP contribution in [0.1, 0.15) is 46.5 Å². The number of rotatable bonds is 3. The van der Waals surface area contributed by atoms with E-state index in [9.17, 15) is 14.9 Å². The van der Waals surface area contributed by atoms with Gasteiger partial charge in [0, 0.05) is 23.9 Å². The lowest BCUT2D eigenvalue weighted by Gasteiger charge is -2.30. The Labute approximate surface area is 108 Å². The highest BCUT2D eigenvalue weighted by molar-refractivity contribution is 5.82. The van der Waals surface area contributed by atoms with Gasteiger partial charge in [0.25, 0.3) is 0 Å². The van der Waals surface area contributed by atoms with Gasteiger partial charge in [-0.05, 0) is 24.7 Å². The highest BCUT2D eigenvalue weighted by Gasteiger charge is 2.55. The SMILES string of the molecule is CC(C)(C)C[C@@H]1CCCN1C(=O)[C@H]1C[C@H]1[N+](=O)[O-]. The van der Waals surface area contributed by atoms with Crippen molar-refractivity contribution in [2.75, 3.05) is 6.54 Å². The summed E-state index contributed by atoms with van der Waals surface area (Å²) in [7, 11) is 0. The molecule has 0 aromatic heterocycles. The van der Waals surface area contributed by atoms with Gasteiger partial charge in [-0.15, -0.1) is 0 Å². The average molecular weight is 254 g/mol. The van der Waals surface area contributed by atoms with E-state index in [-0.39, 0.29) is 28.2 Å². The molecule has 1 aliphatic carbocycles. The molecule has 1 saturated heterocycles. The van der Waals surface area contributed by atoms with Gasteiger partial charge >= 0.3 is 0 Å². The Bertz CT molecular complexity index is 362. The smallest absolute Gasteiger partial charge is 0.233 e. The molecule has 0 spiro atoms. The first-order chi connectivity index (χ1) is 8.29. The quantitative estimate of drug-likeness (QED) is 0.572. The molecule has 0 radical (unpaired) electrons. The molecular formula is C13H22N2O3. The van der Waals surface area contributed by atoms with E-state index in [0.29, 0.717) is 6.42 Å². The minimum atomic E-state index is -0.617. The van der Waals surface area contributed by atoms with Gasteiger partial charge in [-0.1, -0.05) is 20.8 Å². The second-order valence-electron chi connectivity index (χ2n) is 6.79. The summed E-state index contributed by atoms with van der Waals surface area (Å²) in [4.78, 5) is 24.5. The zero-order chi connectivity index (χ0) is 13.5. The maximum atomic E-state index is 12.2. The summed E-state index contributed by atoms with van der Waals surface area (Å²) < 4.78 is 0. The zero-order valence-electron chi connectivity index (χ0n) is 11.4. The van der Waals surface area contributed by atoms with Gasteiger partial charge in [-0.2, -0.15) is 0 Å². The molecule has 1 aliphatic heterocycles. The molecule has 0 unspecified atom stereocenters. The van der Waals surface area contributed by atoms with Crippen molar-refractivity contribution in [3.8, 4) is 0 Å². The van der Waals surface area contributed by atoms with E-state index < -0.39 is 6.04 Å². The molecule has 18 heavy (non-hydrogen) atoms. The molecule has 5 heteroatoms. The van der Waals surface area contributed by atoms with Crippen LogP contribution < -0.4 is 0 Å². The van der Waals surface area contributed by atoms with Crippen molar-refractivity contribution in [1.82, 2.24) is 4.90 Å². The summed E-state index contributed by atoms with van der Waals surface area (Å²) in [6.45, 7) is 7.29. The molecule has 3 atom stereocenters. The number of likely N-dealkylation sites (tertiary alicyclic amines) is 1. The van der Waals surface area contributed by atoms with Crippen molar-refractivity contribution in [2.45, 2.75) is 58.5 Å². The van der Waals surface area contributed by atoms with Crippen LogP contribution in [0.3, 0.4) is 0 Å². The zero-order valence-corrected chi connectivity index (χ0v) is 11.4. The fourth-order valence-electron chi connectivity index (χ4n) is 2.94. The van der Waals surface area contributed by atoms with Gasteiger partial charge in [0.05, 0.1) is 0 Å². The number of amides is 1. The summed E-state index contributed by atoms with van der Waals surface area (Å²) in [5.41, 5.74) is 0.194. The Morgan fingerprint density at radius 3 is 2.61 bits per heavy atom. The fourth-order valence-corrected chi connectivity index (χ4v) is 2.94. The van der Waals surface area contributed by atoms with Crippen LogP contribution in [0.25, 0.3) is 0 Å². The van der Waals surface area contributed by atoms with Crippen molar-refractivity contribution in [1.29, 1.82) is 0 Å². The molecule has 2 rings (SSSR count). The van der Waals surface area contributed by atoms with Crippen molar-refractivity contribution in [2.24, 2.45) is 11.3 Å². The van der Waals surface area contributed by atoms with Crippen LogP contribution in [-0.2, 0) is 4.79 Å². The van der Waals surface area contributed by atoms with E-state index in [2.05, 4.69) is 20.8 Å². The lowest BCUT2D eigenvalue weighted by atomic mass is 9.87. The third kappa shape index (κ3) is 2.82. The van der Waals surface area contributed by atoms with Gasteiger partial charge in [0.15, 0.2) is 0 Å². The van der Waals surface area contributed by atoms with E-state index in [4.69, 9.17) is 0 Å². The number of nitrogens with zero attached hydrogens (tertiary/aromatic N) is 2. The Morgan fingerprint density at radius 2 is 2.11 bits per heavy atom. The molecule has 1 amide bonds. The molecule has 2 aliphatic rings. The van der Waals surface area contributed by atoms with Crippen LogP contribution in [0.4, 0.5) is 0 Å². The Kier molecular flexibility index (Phi) is 3.34. The first-order valence-corrected chi connectivity index (χ1v) is 6.73. The maximum Gasteiger partial charge on any atom is 0.233 e. The summed E-state index contributed by atoms with van der Waals surface area (Å²) in [6, 6.07) is -0.334. The monoisotopic (exact) mass is 254 g/mol. The van der Waals surface area contributed by atoms with Crippen LogP contribution >= 0.6 is 0 Å². The van der Waals surface area contributed by atoms with E-state index in [1.165, 1.54) is 0 Å². The van der Waals surface area contributed by atoms with Gasteiger partial charge in [-0.25, -0.2) is 0 Å². The molecule has 1 saturated carbocycles. The summed E-state index contributed by atoms with van der Waals surface area (Å²) in [5.74, 6) is -0.330. The Balaban J connectivity index is 1.96. The molecule has 0 bridgehead atoms. The summed E-state index contributed by atoms with van der Waals surface area (Å²) in [6.07, 6.45) is 3.49. The largest absolute Gasteiger partial charge is 0.339 e. The lowest BCUT2D eigenvalue weighted by Crippen LogP contribution is -2.39. The second-order valence-corrected chi connectivity index (χ2v) is 6.79. The second kappa shape index (κ2) is 4.52. The third-order valence-electron chi connectivity index (χ3n) is 3.85. The van der Waals surface area contributed by atoms with Crippen LogP contribution in [-0.4, -0.2) is 34.4 Å². The van der Waals surface area contributed by atoms with Gasteiger partial charge < -0.3 is 4.90 Å². The van der Waals surface area contributed by atoms with E-state index in [0.717, 1.165) is 25.8 Å². The normalized spacial score (nSPS) is 31.5. The molecule has 0 aromatic carbocycles. The standard InChI is InChI=1S/C13H22N2O3/c1-13(2,3)8-9-5-4-6-14(9)12(16)10-7-11(10)15(17)18/h9-11H,4-8H2,1-3H3/t9-,10-,11+/m0/s1. The van der Waals surface area contributed by atoms with E-state index in [1.54, 1.807) is 0 Å². The maximum absolute atomic E-state index is 12.2. The summed E-state index contributed by atoms with van der Waals surface area (Å²) >= 11 is 0. The molecule has 0 N–H and O–H groups in total. The van der Waals surface area contributed by atoms with Gasteiger partial charge in [0.2, 0.25) is 11.9 Å². The highest BCUT2D eigenvalue weighted by Crippen LogP contribution is 2.38.